The van der Waals surface area contributed by atoms with Crippen LogP contribution < -0.4 is 15.4 Å². The molecule has 0 heterocycles. The van der Waals surface area contributed by atoms with Gasteiger partial charge in [0.15, 0.2) is 0 Å². The molecule has 0 aliphatic heterocycles. The third-order valence-electron chi connectivity index (χ3n) is 3.28. The molecule has 2 N–H and O–H groups in total. The number of ether oxygens (including phenoxy) is 1. The lowest BCUT2D eigenvalue weighted by Crippen LogP contribution is -2.27. The van der Waals surface area contributed by atoms with E-state index in [0.29, 0.717) is 18.0 Å². The van der Waals surface area contributed by atoms with Crippen molar-refractivity contribution in [2.75, 3.05) is 12.4 Å². The molecule has 0 fully saturated rings. The molecular weight excluding hydrogens is 292 g/mol. The monoisotopic (exact) mass is 312 g/mol. The van der Waals surface area contributed by atoms with Gasteiger partial charge < -0.3 is 15.4 Å². The minimum atomic E-state index is -0.375. The van der Waals surface area contributed by atoms with Crippen LogP contribution in [0.2, 0.25) is 0 Å². The summed E-state index contributed by atoms with van der Waals surface area (Å²) in [4.78, 5) is 23.8. The summed E-state index contributed by atoms with van der Waals surface area (Å²) in [6, 6.07) is 15.0. The maximum absolute atomic E-state index is 12.0. The van der Waals surface area contributed by atoms with Gasteiger partial charge in [0.2, 0.25) is 11.8 Å². The maximum atomic E-state index is 12.0. The van der Waals surface area contributed by atoms with Crippen LogP contribution in [0.25, 0.3) is 0 Å². The van der Waals surface area contributed by atoms with Crippen LogP contribution in [0, 0.1) is 6.92 Å². The summed E-state index contributed by atoms with van der Waals surface area (Å²) < 4.78 is 5.20. The van der Waals surface area contributed by atoms with Crippen molar-refractivity contribution in [3.8, 4) is 5.75 Å². The van der Waals surface area contributed by atoms with Crippen LogP contribution in [0.3, 0.4) is 0 Å². The Labute approximate surface area is 135 Å². The fourth-order valence-corrected chi connectivity index (χ4v) is 2.12. The molecular formula is C18H20N2O3. The summed E-state index contributed by atoms with van der Waals surface area (Å²) in [5.41, 5.74) is 2.55. The number of nitrogens with one attached hydrogen (secondary N) is 2. The zero-order valence-corrected chi connectivity index (χ0v) is 13.3. The highest BCUT2D eigenvalue weighted by molar-refractivity contribution is 6.04. The van der Waals surface area contributed by atoms with E-state index in [1.54, 1.807) is 12.1 Å². The van der Waals surface area contributed by atoms with Crippen molar-refractivity contribution < 1.29 is 14.3 Å². The molecule has 0 radical (unpaired) electrons. The van der Waals surface area contributed by atoms with Crippen molar-refractivity contribution in [3.05, 3.63) is 59.7 Å². The predicted octanol–water partition coefficient (Wildman–Crippen LogP) is 2.65. The van der Waals surface area contributed by atoms with Crippen LogP contribution in [0.15, 0.2) is 48.5 Å². The van der Waals surface area contributed by atoms with Crippen LogP contribution in [0.1, 0.15) is 17.5 Å². The van der Waals surface area contributed by atoms with Crippen LogP contribution >= 0.6 is 0 Å². The molecule has 5 nitrogen and oxygen atoms in total. The Balaban J connectivity index is 1.87. The lowest BCUT2D eigenvalue weighted by Gasteiger charge is -2.11. The van der Waals surface area contributed by atoms with Gasteiger partial charge in [-0.2, -0.15) is 0 Å². The quantitative estimate of drug-likeness (QED) is 0.806. The second-order valence-corrected chi connectivity index (χ2v) is 5.19. The van der Waals surface area contributed by atoms with Crippen LogP contribution in [-0.4, -0.2) is 18.9 Å². The Hall–Kier alpha value is -2.82. The molecule has 23 heavy (non-hydrogen) atoms. The number of methoxy groups -OCH3 is 1. The van der Waals surface area contributed by atoms with Crippen molar-refractivity contribution in [2.24, 2.45) is 0 Å². The second kappa shape index (κ2) is 7.98. The number of aryl methyl sites for hydroxylation is 1. The number of amides is 2. The van der Waals surface area contributed by atoms with Gasteiger partial charge in [-0.1, -0.05) is 36.4 Å². The first-order chi connectivity index (χ1) is 11.1. The van der Waals surface area contributed by atoms with Gasteiger partial charge in [-0.3, -0.25) is 9.59 Å². The van der Waals surface area contributed by atoms with E-state index in [0.717, 1.165) is 11.1 Å². The molecule has 0 aliphatic carbocycles. The molecule has 2 rings (SSSR count). The predicted molar refractivity (Wildman–Crippen MR) is 89.3 cm³/mol. The highest BCUT2D eigenvalue weighted by Crippen LogP contribution is 2.25. The first-order valence-electron chi connectivity index (χ1n) is 7.33. The van der Waals surface area contributed by atoms with Crippen molar-refractivity contribution in [1.29, 1.82) is 0 Å². The fourth-order valence-electron chi connectivity index (χ4n) is 2.12. The molecule has 0 atom stereocenters. The number of hydrogen-bond donors (Lipinski definition) is 2. The molecule has 120 valence electrons. The molecule has 5 heteroatoms. The van der Waals surface area contributed by atoms with Crippen molar-refractivity contribution in [3.63, 3.8) is 0 Å². The molecule has 0 aliphatic rings. The molecule has 0 spiro atoms. The standard InChI is InChI=1S/C18H20N2O3/c1-13-8-9-16(23-2)15(10-13)20-18(22)11-17(21)19-12-14-6-4-3-5-7-14/h3-10H,11-12H2,1-2H3,(H,19,21)(H,20,22). The third-order valence-corrected chi connectivity index (χ3v) is 3.28. The highest BCUT2D eigenvalue weighted by atomic mass is 16.5. The SMILES string of the molecule is COc1ccc(C)cc1NC(=O)CC(=O)NCc1ccccc1. The summed E-state index contributed by atoms with van der Waals surface area (Å²) in [6.07, 6.45) is -0.232. The van der Waals surface area contributed by atoms with Crippen LogP contribution in [-0.2, 0) is 16.1 Å². The summed E-state index contributed by atoms with van der Waals surface area (Å²) in [7, 11) is 1.53. The summed E-state index contributed by atoms with van der Waals surface area (Å²) in [5, 5.41) is 5.43. The van der Waals surface area contributed by atoms with E-state index < -0.39 is 0 Å². The van der Waals surface area contributed by atoms with Gasteiger partial charge in [-0.05, 0) is 30.2 Å². The minimum Gasteiger partial charge on any atom is -0.495 e. The number of carbonyl (C=O) groups is 2. The van der Waals surface area contributed by atoms with E-state index in [2.05, 4.69) is 10.6 Å². The number of anilines is 1. The summed E-state index contributed by atoms with van der Waals surface area (Å²) in [6.45, 7) is 2.32. The normalized spacial score (nSPS) is 10.0. The Kier molecular flexibility index (Phi) is 5.74. The molecule has 0 saturated carbocycles. The fraction of sp³-hybridized carbons (Fsp3) is 0.222. The molecule has 0 saturated heterocycles. The van der Waals surface area contributed by atoms with Gasteiger partial charge in [0, 0.05) is 6.54 Å². The zero-order valence-electron chi connectivity index (χ0n) is 13.3. The largest absolute Gasteiger partial charge is 0.495 e. The molecule has 0 aromatic heterocycles. The van der Waals surface area contributed by atoms with Gasteiger partial charge in [0.1, 0.15) is 12.2 Å². The number of benzene rings is 2. The Bertz CT molecular complexity index is 684. The van der Waals surface area contributed by atoms with E-state index in [9.17, 15) is 9.59 Å². The summed E-state index contributed by atoms with van der Waals surface area (Å²) >= 11 is 0. The smallest absolute Gasteiger partial charge is 0.233 e. The topological polar surface area (TPSA) is 67.4 Å². The zero-order chi connectivity index (χ0) is 16.7. The first kappa shape index (κ1) is 16.5. The first-order valence-corrected chi connectivity index (χ1v) is 7.33. The van der Waals surface area contributed by atoms with E-state index >= 15 is 0 Å². The number of rotatable bonds is 6. The van der Waals surface area contributed by atoms with Crippen molar-refractivity contribution >= 4 is 17.5 Å². The molecule has 0 unspecified atom stereocenters. The lowest BCUT2D eigenvalue weighted by molar-refractivity contribution is -0.126. The average Bonchev–Trinajstić information content (AvgIpc) is 2.54. The van der Waals surface area contributed by atoms with Gasteiger partial charge in [-0.25, -0.2) is 0 Å². The van der Waals surface area contributed by atoms with Gasteiger partial charge in [0.25, 0.3) is 0 Å². The van der Waals surface area contributed by atoms with Crippen LogP contribution in [0.4, 0.5) is 5.69 Å². The van der Waals surface area contributed by atoms with Gasteiger partial charge in [-0.15, -0.1) is 0 Å². The van der Waals surface area contributed by atoms with Gasteiger partial charge >= 0.3 is 0 Å². The Morgan fingerprint density at radius 3 is 2.48 bits per heavy atom. The van der Waals surface area contributed by atoms with Crippen LogP contribution in [0.5, 0.6) is 5.75 Å². The number of hydrogen-bond acceptors (Lipinski definition) is 3. The summed E-state index contributed by atoms with van der Waals surface area (Å²) in [5.74, 6) is -0.133. The average molecular weight is 312 g/mol. The Morgan fingerprint density at radius 1 is 1.04 bits per heavy atom. The van der Waals surface area contributed by atoms with E-state index in [1.165, 1.54) is 7.11 Å². The van der Waals surface area contributed by atoms with E-state index in [4.69, 9.17) is 4.74 Å². The molecule has 2 amide bonds. The highest BCUT2D eigenvalue weighted by Gasteiger charge is 2.12. The van der Waals surface area contributed by atoms with Gasteiger partial charge in [0.05, 0.1) is 12.8 Å². The van der Waals surface area contributed by atoms with E-state index in [-0.39, 0.29) is 18.2 Å². The lowest BCUT2D eigenvalue weighted by atomic mass is 10.2. The molecule has 2 aromatic carbocycles. The minimum absolute atomic E-state index is 0.232. The molecule has 0 bridgehead atoms. The second-order valence-electron chi connectivity index (χ2n) is 5.19. The third kappa shape index (κ3) is 5.14. The van der Waals surface area contributed by atoms with Crippen molar-refractivity contribution in [1.82, 2.24) is 5.32 Å². The Morgan fingerprint density at radius 2 is 1.78 bits per heavy atom. The maximum Gasteiger partial charge on any atom is 0.233 e. The van der Waals surface area contributed by atoms with Crippen molar-refractivity contribution in [2.45, 2.75) is 19.9 Å². The number of carbonyl (C=O) groups excluding carboxylic acids is 2. The van der Waals surface area contributed by atoms with E-state index in [1.807, 2.05) is 43.3 Å². The molecule has 2 aromatic rings.